The van der Waals surface area contributed by atoms with E-state index in [0.717, 1.165) is 40.4 Å². The number of hydrogen-bond acceptors (Lipinski definition) is 6. The van der Waals surface area contributed by atoms with Gasteiger partial charge in [-0.05, 0) is 43.2 Å². The summed E-state index contributed by atoms with van der Waals surface area (Å²) in [5.74, 6) is 0.0944. The normalized spacial score (nSPS) is 15.1. The third-order valence-electron chi connectivity index (χ3n) is 7.45. The van der Waals surface area contributed by atoms with Gasteiger partial charge in [0.15, 0.2) is 0 Å². The minimum atomic E-state index is -0.182. The number of rotatable bonds is 6. The maximum absolute atomic E-state index is 12.6. The maximum atomic E-state index is 12.6. The van der Waals surface area contributed by atoms with E-state index in [1.807, 2.05) is 65.3 Å². The topological polar surface area (TPSA) is 124 Å². The molecule has 0 bridgehead atoms. The number of piperidine rings is 1. The van der Waals surface area contributed by atoms with Crippen molar-refractivity contribution >= 4 is 34.2 Å². The van der Waals surface area contributed by atoms with E-state index in [1.54, 1.807) is 29.2 Å². The van der Waals surface area contributed by atoms with Crippen molar-refractivity contribution in [3.05, 3.63) is 91.4 Å². The van der Waals surface area contributed by atoms with Gasteiger partial charge in [0, 0.05) is 60.5 Å². The summed E-state index contributed by atoms with van der Waals surface area (Å²) in [5.41, 5.74) is 11.9. The van der Waals surface area contributed by atoms with Crippen LogP contribution in [0.15, 0.2) is 85.8 Å². The molecule has 3 N–H and O–H groups in total. The molecule has 0 spiro atoms. The number of aryl methyl sites for hydroxylation is 1. The number of benzene rings is 2. The number of hydrogen-bond donors (Lipinski definition) is 2. The van der Waals surface area contributed by atoms with Crippen LogP contribution in [0, 0.1) is 0 Å². The molecule has 1 saturated heterocycles. The quantitative estimate of drug-likeness (QED) is 0.298. The molecule has 1 unspecified atom stereocenters. The summed E-state index contributed by atoms with van der Waals surface area (Å²) < 4.78 is 3.74. The monoisotopic (exact) mass is 546 g/mol. The minimum Gasteiger partial charge on any atom is -0.383 e. The lowest BCUT2D eigenvalue weighted by molar-refractivity contribution is -0.127. The molecule has 6 rings (SSSR count). The van der Waals surface area contributed by atoms with Crippen LogP contribution in [0.3, 0.4) is 0 Å². The molecular formula is C31H30N8O2. The van der Waals surface area contributed by atoms with Gasteiger partial charge in [-0.2, -0.15) is 10.2 Å². The van der Waals surface area contributed by atoms with E-state index in [2.05, 4.69) is 22.0 Å². The second-order valence-electron chi connectivity index (χ2n) is 10.2. The molecule has 41 heavy (non-hydrogen) atoms. The number of anilines is 2. The van der Waals surface area contributed by atoms with Crippen molar-refractivity contribution in [3.8, 4) is 22.4 Å². The molecule has 0 aliphatic carbocycles. The first kappa shape index (κ1) is 26.0. The Labute approximate surface area is 237 Å². The van der Waals surface area contributed by atoms with E-state index < -0.39 is 0 Å². The lowest BCUT2D eigenvalue weighted by atomic mass is 10.0. The van der Waals surface area contributed by atoms with E-state index in [4.69, 9.17) is 10.8 Å². The fourth-order valence-corrected chi connectivity index (χ4v) is 5.42. The minimum absolute atomic E-state index is 0.0643. The molecule has 10 nitrogen and oxygen atoms in total. The smallest absolute Gasteiger partial charge is 0.255 e. The number of amides is 2. The Morgan fingerprint density at radius 3 is 2.56 bits per heavy atom. The largest absolute Gasteiger partial charge is 0.383 e. The Balaban J connectivity index is 1.44. The van der Waals surface area contributed by atoms with Crippen molar-refractivity contribution in [2.75, 3.05) is 24.1 Å². The predicted octanol–water partition coefficient (Wildman–Crippen LogP) is 4.68. The van der Waals surface area contributed by atoms with Crippen molar-refractivity contribution < 1.29 is 9.59 Å². The number of aromatic nitrogens is 5. The van der Waals surface area contributed by atoms with Crippen molar-refractivity contribution in [1.29, 1.82) is 0 Å². The van der Waals surface area contributed by atoms with E-state index in [0.29, 0.717) is 35.9 Å². The summed E-state index contributed by atoms with van der Waals surface area (Å²) in [6.45, 7) is 4.86. The van der Waals surface area contributed by atoms with Gasteiger partial charge in [0.05, 0.1) is 23.1 Å². The molecule has 3 aromatic heterocycles. The molecule has 5 aromatic rings. The lowest BCUT2D eigenvalue weighted by Crippen LogP contribution is -2.40. The molecule has 1 aliphatic rings. The highest BCUT2D eigenvalue weighted by molar-refractivity contribution is 6.07. The van der Waals surface area contributed by atoms with Gasteiger partial charge in [-0.3, -0.25) is 19.0 Å². The second kappa shape index (κ2) is 10.7. The van der Waals surface area contributed by atoms with Crippen LogP contribution in [0.1, 0.15) is 29.2 Å². The summed E-state index contributed by atoms with van der Waals surface area (Å²) in [7, 11) is 1.87. The summed E-state index contributed by atoms with van der Waals surface area (Å²) in [6.07, 6.45) is 8.55. The first-order valence-electron chi connectivity index (χ1n) is 13.5. The Bertz CT molecular complexity index is 1750. The number of carbonyl (C=O) groups excluding carboxylic acids is 2. The molecule has 206 valence electrons. The SMILES string of the molecule is C=CC(=O)N1CCCC(n2nc(-c3ccc(NC(=O)c4ccccc4)cc3)c3c(N)ncc(-c4cnn(C)c4)c32)C1. The van der Waals surface area contributed by atoms with Gasteiger partial charge in [0.25, 0.3) is 5.91 Å². The Morgan fingerprint density at radius 1 is 1.07 bits per heavy atom. The van der Waals surface area contributed by atoms with Gasteiger partial charge in [-0.1, -0.05) is 36.9 Å². The average Bonchev–Trinajstić information content (AvgIpc) is 3.63. The zero-order valence-corrected chi connectivity index (χ0v) is 22.7. The van der Waals surface area contributed by atoms with Crippen molar-refractivity contribution in [2.45, 2.75) is 18.9 Å². The molecule has 2 amide bonds. The van der Waals surface area contributed by atoms with Gasteiger partial charge in [-0.15, -0.1) is 0 Å². The third kappa shape index (κ3) is 4.95. The van der Waals surface area contributed by atoms with Gasteiger partial charge in [0.1, 0.15) is 11.5 Å². The van der Waals surface area contributed by atoms with E-state index in [1.165, 1.54) is 6.08 Å². The van der Waals surface area contributed by atoms with Crippen molar-refractivity contribution in [2.24, 2.45) is 7.05 Å². The number of nitrogens with one attached hydrogen (secondary N) is 1. The Morgan fingerprint density at radius 2 is 1.85 bits per heavy atom. The molecule has 1 atom stereocenters. The van der Waals surface area contributed by atoms with Crippen LogP contribution in [-0.4, -0.2) is 54.3 Å². The van der Waals surface area contributed by atoms with Gasteiger partial charge in [-0.25, -0.2) is 4.98 Å². The molecule has 0 saturated carbocycles. The molecule has 4 heterocycles. The second-order valence-corrected chi connectivity index (χ2v) is 10.2. The van der Waals surface area contributed by atoms with Crippen LogP contribution in [0.2, 0.25) is 0 Å². The van der Waals surface area contributed by atoms with Crippen molar-refractivity contribution in [3.63, 3.8) is 0 Å². The highest BCUT2D eigenvalue weighted by Crippen LogP contribution is 2.40. The van der Waals surface area contributed by atoms with Crippen LogP contribution in [0.5, 0.6) is 0 Å². The van der Waals surface area contributed by atoms with Crippen molar-refractivity contribution in [1.82, 2.24) is 29.4 Å². The van der Waals surface area contributed by atoms with E-state index >= 15 is 0 Å². The number of nitrogens with zero attached hydrogens (tertiary/aromatic N) is 6. The summed E-state index contributed by atoms with van der Waals surface area (Å²) in [6, 6.07) is 16.5. The number of nitrogens with two attached hydrogens (primary N) is 1. The van der Waals surface area contributed by atoms with Crippen LogP contribution < -0.4 is 11.1 Å². The average molecular weight is 547 g/mol. The third-order valence-corrected chi connectivity index (χ3v) is 7.45. The molecule has 2 aromatic carbocycles. The number of nitrogen functional groups attached to an aromatic ring is 1. The summed E-state index contributed by atoms with van der Waals surface area (Å²) >= 11 is 0. The number of likely N-dealkylation sites (tertiary alicyclic amines) is 1. The van der Waals surface area contributed by atoms with Crippen LogP contribution in [0.4, 0.5) is 11.5 Å². The van der Waals surface area contributed by atoms with Gasteiger partial charge >= 0.3 is 0 Å². The summed E-state index contributed by atoms with van der Waals surface area (Å²) in [5, 5.41) is 13.1. The number of fused-ring (bicyclic) bond motifs is 1. The summed E-state index contributed by atoms with van der Waals surface area (Å²) in [4.78, 5) is 31.5. The standard InChI is InChI=1S/C31H30N8O2/c1-3-26(40)38-15-7-10-24(19-38)39-29-25(22-16-34-37(2)18-22)17-33-30(32)27(29)28(36-39)20-11-13-23(14-12-20)35-31(41)21-8-5-4-6-9-21/h3-6,8-9,11-14,16-18,24H,1,7,10,15,19H2,2H3,(H2,32,33)(H,35,41). The predicted molar refractivity (Wildman–Crippen MR) is 159 cm³/mol. The highest BCUT2D eigenvalue weighted by atomic mass is 16.2. The molecule has 10 heteroatoms. The van der Waals surface area contributed by atoms with Crippen LogP contribution in [-0.2, 0) is 11.8 Å². The first-order chi connectivity index (χ1) is 19.9. The molecular weight excluding hydrogens is 516 g/mol. The molecule has 1 fully saturated rings. The first-order valence-corrected chi connectivity index (χ1v) is 13.5. The molecule has 1 aliphatic heterocycles. The van der Waals surface area contributed by atoms with E-state index in [9.17, 15) is 9.59 Å². The van der Waals surface area contributed by atoms with Gasteiger partial charge in [0.2, 0.25) is 5.91 Å². The number of carbonyl (C=O) groups is 2. The number of pyridine rings is 1. The fourth-order valence-electron chi connectivity index (χ4n) is 5.42. The zero-order valence-electron chi connectivity index (χ0n) is 22.7. The van der Waals surface area contributed by atoms with Crippen LogP contribution in [0.25, 0.3) is 33.3 Å². The fraction of sp³-hybridized carbons (Fsp3) is 0.194. The zero-order chi connectivity index (χ0) is 28.5. The van der Waals surface area contributed by atoms with Gasteiger partial charge < -0.3 is 16.0 Å². The Kier molecular flexibility index (Phi) is 6.80. The highest BCUT2D eigenvalue weighted by Gasteiger charge is 2.29. The Hall–Kier alpha value is -5.25. The van der Waals surface area contributed by atoms with Crippen LogP contribution >= 0.6 is 0 Å². The maximum Gasteiger partial charge on any atom is 0.255 e. The molecule has 0 radical (unpaired) electrons. The lowest BCUT2D eigenvalue weighted by Gasteiger charge is -2.32. The van der Waals surface area contributed by atoms with E-state index in [-0.39, 0.29) is 17.9 Å².